The van der Waals surface area contributed by atoms with Gasteiger partial charge in [0.05, 0.1) is 5.69 Å². The number of aryl methyl sites for hydroxylation is 2. The average Bonchev–Trinajstić information content (AvgIpc) is 3.19. The molecule has 5 heteroatoms. The quantitative estimate of drug-likeness (QED) is 0.585. The molecule has 30 heavy (non-hydrogen) atoms. The first-order valence-corrected chi connectivity index (χ1v) is 10.9. The molecule has 1 aliphatic rings. The number of amides is 1. The number of carbonyl (C=O) groups excluding carboxylic acids is 1. The Morgan fingerprint density at radius 1 is 1.17 bits per heavy atom. The van der Waals surface area contributed by atoms with E-state index in [-0.39, 0.29) is 11.9 Å². The van der Waals surface area contributed by atoms with Gasteiger partial charge in [-0.25, -0.2) is 0 Å². The highest BCUT2D eigenvalue weighted by molar-refractivity contribution is 5.93. The number of rotatable bonds is 6. The van der Waals surface area contributed by atoms with E-state index in [1.165, 1.54) is 12.0 Å². The molecule has 0 aliphatic heterocycles. The summed E-state index contributed by atoms with van der Waals surface area (Å²) in [7, 11) is 0. The van der Waals surface area contributed by atoms with Gasteiger partial charge in [0.15, 0.2) is 0 Å². The van der Waals surface area contributed by atoms with Crippen molar-refractivity contribution < 1.29 is 4.79 Å². The molecule has 0 spiro atoms. The van der Waals surface area contributed by atoms with Gasteiger partial charge >= 0.3 is 0 Å². The van der Waals surface area contributed by atoms with E-state index in [0.717, 1.165) is 30.5 Å². The fourth-order valence-electron chi connectivity index (χ4n) is 4.64. The van der Waals surface area contributed by atoms with E-state index in [1.807, 2.05) is 42.9 Å². The Labute approximate surface area is 178 Å². The Hall–Kier alpha value is -2.95. The molecule has 1 aliphatic carbocycles. The van der Waals surface area contributed by atoms with Crippen LogP contribution in [0.15, 0.2) is 60.9 Å². The van der Waals surface area contributed by atoms with Crippen LogP contribution in [0.4, 0.5) is 0 Å². The molecule has 0 radical (unpaired) electrons. The minimum Gasteiger partial charge on any atom is -0.330 e. The van der Waals surface area contributed by atoms with Crippen LogP contribution >= 0.6 is 0 Å². The van der Waals surface area contributed by atoms with Crippen LogP contribution in [0.5, 0.6) is 0 Å². The van der Waals surface area contributed by atoms with Gasteiger partial charge in [0.25, 0.3) is 5.91 Å². The topological polar surface area (TPSA) is 51.0 Å². The maximum atomic E-state index is 13.7. The number of hydrogen-bond donors (Lipinski definition) is 0. The Balaban J connectivity index is 1.63. The summed E-state index contributed by atoms with van der Waals surface area (Å²) >= 11 is 0. The van der Waals surface area contributed by atoms with Crippen LogP contribution in [0.25, 0.3) is 0 Å². The van der Waals surface area contributed by atoms with Crippen molar-refractivity contribution in [3.63, 3.8) is 0 Å². The second-order valence-electron chi connectivity index (χ2n) is 8.21. The van der Waals surface area contributed by atoms with Crippen molar-refractivity contribution >= 4 is 5.91 Å². The fraction of sp³-hybridized carbons (Fsp3) is 0.400. The summed E-state index contributed by atoms with van der Waals surface area (Å²) in [4.78, 5) is 20.1. The molecule has 2 unspecified atom stereocenters. The molecule has 2 aromatic heterocycles. The van der Waals surface area contributed by atoms with Crippen LogP contribution < -0.4 is 0 Å². The molecular weight excluding hydrogens is 372 g/mol. The van der Waals surface area contributed by atoms with Crippen molar-refractivity contribution in [2.45, 2.75) is 64.6 Å². The Morgan fingerprint density at radius 3 is 2.73 bits per heavy atom. The van der Waals surface area contributed by atoms with Crippen LogP contribution in [0.2, 0.25) is 0 Å². The summed E-state index contributed by atoms with van der Waals surface area (Å²) < 4.78 is 1.82. The van der Waals surface area contributed by atoms with Gasteiger partial charge in [0.1, 0.15) is 5.69 Å². The molecular formula is C25H30N4O. The molecule has 0 N–H and O–H groups in total. The summed E-state index contributed by atoms with van der Waals surface area (Å²) in [5, 5.41) is 4.50. The second-order valence-corrected chi connectivity index (χ2v) is 8.21. The van der Waals surface area contributed by atoms with Gasteiger partial charge in [0, 0.05) is 31.5 Å². The predicted octanol–water partition coefficient (Wildman–Crippen LogP) is 4.98. The molecule has 5 nitrogen and oxygen atoms in total. The van der Waals surface area contributed by atoms with E-state index in [4.69, 9.17) is 0 Å². The van der Waals surface area contributed by atoms with Crippen molar-refractivity contribution in [1.82, 2.24) is 19.7 Å². The van der Waals surface area contributed by atoms with Gasteiger partial charge in [-0.1, -0.05) is 42.8 Å². The Morgan fingerprint density at radius 2 is 2.00 bits per heavy atom. The zero-order chi connectivity index (χ0) is 20.9. The van der Waals surface area contributed by atoms with Crippen LogP contribution in [-0.2, 0) is 13.1 Å². The number of benzene rings is 1. The molecule has 0 bridgehead atoms. The van der Waals surface area contributed by atoms with Gasteiger partial charge in [-0.15, -0.1) is 0 Å². The van der Waals surface area contributed by atoms with Crippen molar-refractivity contribution in [3.05, 3.63) is 83.4 Å². The molecule has 156 valence electrons. The number of aromatic nitrogens is 3. The standard InChI is InChI=1S/C25H30N4O/c1-3-29-24(15-19(2)27-29)25(30)28(18-20-9-8-14-26-17-20)23-13-7-12-22(16-23)21-10-5-4-6-11-21/h4-6,8-11,14-15,17,22-23H,3,7,12-13,16,18H2,1-2H3. The number of pyridine rings is 1. The smallest absolute Gasteiger partial charge is 0.272 e. The molecule has 4 rings (SSSR count). The minimum atomic E-state index is 0.0695. The lowest BCUT2D eigenvalue weighted by atomic mass is 9.80. The van der Waals surface area contributed by atoms with E-state index in [9.17, 15) is 4.79 Å². The van der Waals surface area contributed by atoms with Crippen molar-refractivity contribution in [3.8, 4) is 0 Å². The van der Waals surface area contributed by atoms with Gasteiger partial charge < -0.3 is 4.90 Å². The lowest BCUT2D eigenvalue weighted by Gasteiger charge is -2.38. The number of hydrogen-bond acceptors (Lipinski definition) is 3. The highest BCUT2D eigenvalue weighted by Gasteiger charge is 2.32. The van der Waals surface area contributed by atoms with Crippen molar-refractivity contribution in [2.24, 2.45) is 0 Å². The van der Waals surface area contributed by atoms with Crippen LogP contribution in [-0.4, -0.2) is 31.6 Å². The molecule has 2 heterocycles. The minimum absolute atomic E-state index is 0.0695. The number of carbonyl (C=O) groups is 1. The van der Waals surface area contributed by atoms with E-state index >= 15 is 0 Å². The van der Waals surface area contributed by atoms with E-state index in [1.54, 1.807) is 6.20 Å². The van der Waals surface area contributed by atoms with E-state index in [0.29, 0.717) is 24.7 Å². The third-order valence-electron chi connectivity index (χ3n) is 6.12. The highest BCUT2D eigenvalue weighted by Crippen LogP contribution is 2.36. The second kappa shape index (κ2) is 9.24. The Kier molecular flexibility index (Phi) is 6.26. The highest BCUT2D eigenvalue weighted by atomic mass is 16.2. The fourth-order valence-corrected chi connectivity index (χ4v) is 4.64. The summed E-state index contributed by atoms with van der Waals surface area (Å²) in [5.41, 5.74) is 4.01. The lowest BCUT2D eigenvalue weighted by Crippen LogP contribution is -2.43. The molecule has 1 aromatic carbocycles. The van der Waals surface area contributed by atoms with Gasteiger partial charge in [-0.05, 0) is 62.3 Å². The van der Waals surface area contributed by atoms with Crippen molar-refractivity contribution in [2.75, 3.05) is 0 Å². The summed E-state index contributed by atoms with van der Waals surface area (Å²) in [5.74, 6) is 0.562. The molecule has 1 fully saturated rings. The van der Waals surface area contributed by atoms with Gasteiger partial charge in [-0.3, -0.25) is 14.5 Å². The third kappa shape index (κ3) is 4.45. The molecule has 2 atom stereocenters. The summed E-state index contributed by atoms with van der Waals surface area (Å²) in [6, 6.07) is 16.8. The SMILES string of the molecule is CCn1nc(C)cc1C(=O)N(Cc1cccnc1)C1CCCC(c2ccccc2)C1. The maximum Gasteiger partial charge on any atom is 0.272 e. The van der Waals surface area contributed by atoms with Crippen LogP contribution in [0.3, 0.4) is 0 Å². The van der Waals surface area contributed by atoms with Gasteiger partial charge in [-0.2, -0.15) is 5.10 Å². The van der Waals surface area contributed by atoms with Crippen LogP contribution in [0.1, 0.15) is 65.8 Å². The monoisotopic (exact) mass is 402 g/mol. The first kappa shape index (κ1) is 20.3. The molecule has 0 saturated heterocycles. The predicted molar refractivity (Wildman–Crippen MR) is 118 cm³/mol. The van der Waals surface area contributed by atoms with E-state index in [2.05, 4.69) is 45.3 Å². The lowest BCUT2D eigenvalue weighted by molar-refractivity contribution is 0.0588. The van der Waals surface area contributed by atoms with Gasteiger partial charge in [0.2, 0.25) is 0 Å². The zero-order valence-electron chi connectivity index (χ0n) is 17.9. The molecule has 1 amide bonds. The largest absolute Gasteiger partial charge is 0.330 e. The summed E-state index contributed by atoms with van der Waals surface area (Å²) in [6.07, 6.45) is 7.98. The average molecular weight is 403 g/mol. The molecule has 3 aromatic rings. The first-order valence-electron chi connectivity index (χ1n) is 10.9. The van der Waals surface area contributed by atoms with E-state index < -0.39 is 0 Å². The maximum absolute atomic E-state index is 13.7. The zero-order valence-corrected chi connectivity index (χ0v) is 17.9. The summed E-state index contributed by atoms with van der Waals surface area (Å²) in [6.45, 7) is 5.24. The molecule has 1 saturated carbocycles. The van der Waals surface area contributed by atoms with Crippen molar-refractivity contribution in [1.29, 1.82) is 0 Å². The first-order chi connectivity index (χ1) is 14.7. The Bertz CT molecular complexity index is 967. The third-order valence-corrected chi connectivity index (χ3v) is 6.12. The number of nitrogens with zero attached hydrogens (tertiary/aromatic N) is 4. The van der Waals surface area contributed by atoms with Crippen LogP contribution in [0, 0.1) is 6.92 Å². The normalized spacial score (nSPS) is 18.9.